The second-order valence-electron chi connectivity index (χ2n) is 6.34. The van der Waals surface area contributed by atoms with Crippen molar-refractivity contribution in [3.05, 3.63) is 11.3 Å². The van der Waals surface area contributed by atoms with Crippen molar-refractivity contribution in [1.29, 1.82) is 0 Å². The topological polar surface area (TPSA) is 166 Å². The zero-order valence-corrected chi connectivity index (χ0v) is 19.4. The van der Waals surface area contributed by atoms with Gasteiger partial charge in [-0.1, -0.05) is 23.5 Å². The molecule has 3 heterocycles. The summed E-state index contributed by atoms with van der Waals surface area (Å²) in [6, 6.07) is -1.11. The van der Waals surface area contributed by atoms with Crippen LogP contribution >= 0.6 is 47.0 Å². The quantitative estimate of drug-likeness (QED) is 0.160. The summed E-state index contributed by atoms with van der Waals surface area (Å²) in [7, 11) is 0. The fourth-order valence-electron chi connectivity index (χ4n) is 2.80. The average Bonchev–Trinajstić information content (AvgIpc) is 3.19. The summed E-state index contributed by atoms with van der Waals surface area (Å²) >= 11 is 2.67. The number of aromatic amines is 1. The Morgan fingerprint density at radius 3 is 2.49 bits per heavy atom. The second-order valence-corrected chi connectivity index (χ2v) is 10.4. The van der Waals surface area contributed by atoms with Gasteiger partial charge in [-0.3, -0.25) is 24.4 Å². The number of carbonyl (C=O) groups is 4. The van der Waals surface area contributed by atoms with E-state index in [9.17, 15) is 37.5 Å². The number of H-pyrrole nitrogens is 1. The number of rotatable bonds is 10. The zero-order valence-electron chi connectivity index (χ0n) is 16.1. The fourth-order valence-corrected chi connectivity index (χ4v) is 6.04. The number of carboxylic acids is 2. The zero-order chi connectivity index (χ0) is 24.3. The molecule has 184 valence electrons. The van der Waals surface area contributed by atoms with Crippen LogP contribution in [0.4, 0.5) is 13.2 Å². The monoisotopic (exact) mass is 593 g/mol. The Morgan fingerprint density at radius 1 is 1.20 bits per heavy atom. The van der Waals surface area contributed by atoms with E-state index >= 15 is 0 Å². The van der Waals surface area contributed by atoms with Crippen LogP contribution in [0.1, 0.15) is 0 Å². The van der Waals surface area contributed by atoms with Gasteiger partial charge in [-0.25, -0.2) is 4.79 Å². The number of amides is 2. The van der Waals surface area contributed by atoms with Crippen molar-refractivity contribution in [1.82, 2.24) is 25.4 Å². The van der Waals surface area contributed by atoms with Crippen LogP contribution in [-0.2, 0) is 19.2 Å². The van der Waals surface area contributed by atoms with Crippen LogP contribution < -0.4 is 5.32 Å². The van der Waals surface area contributed by atoms with Crippen molar-refractivity contribution in [3.8, 4) is 0 Å². The minimum absolute atomic E-state index is 0. The number of hydrogen-bond acceptors (Lipinski definition) is 10. The van der Waals surface area contributed by atoms with Gasteiger partial charge < -0.3 is 15.5 Å². The molecular formula is C15H16F3N5Na2O6S4. The third-order valence-corrected chi connectivity index (χ3v) is 7.94. The molecule has 1 fully saturated rings. The van der Waals surface area contributed by atoms with Crippen molar-refractivity contribution in [2.75, 3.05) is 23.0 Å². The average molecular weight is 594 g/mol. The van der Waals surface area contributed by atoms with Gasteiger partial charge in [0.1, 0.15) is 17.1 Å². The van der Waals surface area contributed by atoms with Crippen LogP contribution in [0.2, 0.25) is 0 Å². The molecule has 4 N–H and O–H groups in total. The Hall–Kier alpha value is -0.0500. The number of aromatic nitrogens is 3. The van der Waals surface area contributed by atoms with Gasteiger partial charge in [0, 0.05) is 11.5 Å². The Morgan fingerprint density at radius 2 is 1.89 bits per heavy atom. The van der Waals surface area contributed by atoms with Gasteiger partial charge in [-0.2, -0.15) is 18.2 Å². The van der Waals surface area contributed by atoms with Crippen LogP contribution in [0.3, 0.4) is 0 Å². The van der Waals surface area contributed by atoms with Gasteiger partial charge in [-0.05, 0) is 17.3 Å². The minimum atomic E-state index is -4.59. The van der Waals surface area contributed by atoms with E-state index in [0.717, 1.165) is 28.4 Å². The predicted octanol–water partition coefficient (Wildman–Crippen LogP) is -0.232. The van der Waals surface area contributed by atoms with E-state index < -0.39 is 58.2 Å². The standard InChI is InChI=1S/C15H14F3N5O6S4.2Na.2H/c16-15(17,18)33-3-6(24)19-8-10(27)23-9(12(28)29)5(1-30-11(8)23)2-31-13-20-14(22-21-13)32-4-7(25)26;;;;/h8,11H,1-4H2,(H,19,24)(H,25,26)(H,28,29)(H,20,21,22);;;;/t8?,11-;;;;/m1..../s1. The number of alkyl halides is 3. The molecule has 0 aromatic carbocycles. The summed E-state index contributed by atoms with van der Waals surface area (Å²) in [4.78, 5) is 51.8. The third-order valence-electron chi connectivity index (χ3n) is 4.09. The normalized spacial score (nSPS) is 19.2. The van der Waals surface area contributed by atoms with Crippen LogP contribution in [-0.4, -0.2) is 153 Å². The number of carboxylic acid groups (broad SMARTS) is 2. The van der Waals surface area contributed by atoms with E-state index in [-0.39, 0.29) is 87.2 Å². The number of thioether (sulfide) groups is 4. The number of nitrogens with one attached hydrogen (secondary N) is 2. The summed E-state index contributed by atoms with van der Waals surface area (Å²) < 4.78 is 36.7. The first-order valence-electron chi connectivity index (χ1n) is 8.76. The first kappa shape index (κ1) is 33.0. The van der Waals surface area contributed by atoms with E-state index in [2.05, 4.69) is 20.5 Å². The molecule has 11 nitrogen and oxygen atoms in total. The molecule has 2 aliphatic heterocycles. The van der Waals surface area contributed by atoms with Crippen molar-refractivity contribution in [2.45, 2.75) is 27.2 Å². The number of carbonyl (C=O) groups excluding carboxylic acids is 2. The van der Waals surface area contributed by atoms with Gasteiger partial charge in [0.2, 0.25) is 11.1 Å². The molecule has 35 heavy (non-hydrogen) atoms. The number of nitrogens with zero attached hydrogens (tertiary/aromatic N) is 3. The van der Waals surface area contributed by atoms with Crippen molar-refractivity contribution >= 4 is 130 Å². The van der Waals surface area contributed by atoms with Crippen LogP contribution in [0.25, 0.3) is 0 Å². The number of fused-ring (bicyclic) bond motifs is 1. The van der Waals surface area contributed by atoms with Crippen molar-refractivity contribution < 1.29 is 42.6 Å². The molecular weight excluding hydrogens is 577 g/mol. The van der Waals surface area contributed by atoms with Crippen molar-refractivity contribution in [3.63, 3.8) is 0 Å². The SMILES string of the molecule is O=C(O)CSc1n[nH]c(SCC2=C(C(=O)O)N3C(=O)C(NC(=O)CSC(F)(F)F)[C@H]3SC2)n1.[NaH].[NaH]. The molecule has 1 aromatic heterocycles. The molecule has 0 bridgehead atoms. The molecule has 0 aliphatic carbocycles. The maximum atomic E-state index is 12.5. The molecule has 1 unspecified atom stereocenters. The van der Waals surface area contributed by atoms with Gasteiger partial charge in [0.05, 0.1) is 11.5 Å². The van der Waals surface area contributed by atoms with E-state index in [1.54, 1.807) is 0 Å². The van der Waals surface area contributed by atoms with Crippen LogP contribution in [0.15, 0.2) is 21.6 Å². The maximum absolute atomic E-state index is 12.5. The summed E-state index contributed by atoms with van der Waals surface area (Å²) in [5, 5.41) is 26.8. The molecule has 2 aliphatic rings. The number of aliphatic carboxylic acids is 2. The molecule has 1 aromatic rings. The second kappa shape index (κ2) is 14.2. The van der Waals surface area contributed by atoms with Gasteiger partial charge in [0.15, 0.2) is 5.16 Å². The summed E-state index contributed by atoms with van der Waals surface area (Å²) in [6.45, 7) is 0. The molecule has 0 spiro atoms. The molecule has 2 atom stereocenters. The van der Waals surface area contributed by atoms with Crippen molar-refractivity contribution in [2.24, 2.45) is 0 Å². The fraction of sp³-hybridized carbons (Fsp3) is 0.467. The summed E-state index contributed by atoms with van der Waals surface area (Å²) in [5.41, 5.74) is -4.42. The molecule has 0 radical (unpaired) electrons. The van der Waals surface area contributed by atoms with E-state index in [4.69, 9.17) is 5.11 Å². The molecule has 2 amide bonds. The number of halogens is 3. The Balaban J connectivity index is 0.00000306. The van der Waals surface area contributed by atoms with E-state index in [0.29, 0.717) is 10.7 Å². The number of hydrogen-bond donors (Lipinski definition) is 4. The first-order chi connectivity index (χ1) is 15.5. The Kier molecular flexibility index (Phi) is 13.4. The first-order valence-corrected chi connectivity index (χ1v) is 12.8. The molecule has 3 rings (SSSR count). The van der Waals surface area contributed by atoms with Gasteiger partial charge in [-0.15, -0.1) is 16.9 Å². The third kappa shape index (κ3) is 9.03. The summed E-state index contributed by atoms with van der Waals surface area (Å²) in [5.74, 6) is -4.85. The van der Waals surface area contributed by atoms with Crippen LogP contribution in [0.5, 0.6) is 0 Å². The van der Waals surface area contributed by atoms with E-state index in [1.807, 2.05) is 0 Å². The summed E-state index contributed by atoms with van der Waals surface area (Å²) in [6.07, 6.45) is 0. The molecule has 1 saturated heterocycles. The Labute approximate surface area is 256 Å². The Bertz CT molecular complexity index is 1010. The predicted molar refractivity (Wildman–Crippen MR) is 128 cm³/mol. The molecule has 0 saturated carbocycles. The number of β-lactam (4-membered cyclic amide) rings is 1. The van der Waals surface area contributed by atoms with E-state index in [1.165, 1.54) is 11.8 Å². The van der Waals surface area contributed by atoms with Crippen LogP contribution in [0, 0.1) is 0 Å². The van der Waals surface area contributed by atoms with Gasteiger partial charge in [0.25, 0.3) is 5.91 Å². The molecule has 20 heteroatoms. The van der Waals surface area contributed by atoms with Gasteiger partial charge >= 0.3 is 76.6 Å².